The normalized spacial score (nSPS) is 11.9. The fourth-order valence-corrected chi connectivity index (χ4v) is 1.34. The third-order valence-electron chi connectivity index (χ3n) is 2.27. The van der Waals surface area contributed by atoms with Crippen molar-refractivity contribution in [2.45, 2.75) is 19.6 Å². The van der Waals surface area contributed by atoms with Gasteiger partial charge in [-0.25, -0.2) is 4.79 Å². The van der Waals surface area contributed by atoms with Gasteiger partial charge in [0.05, 0.1) is 12.7 Å². The van der Waals surface area contributed by atoms with Crippen molar-refractivity contribution in [2.24, 2.45) is 0 Å². The van der Waals surface area contributed by atoms with Crippen molar-refractivity contribution in [2.75, 3.05) is 14.2 Å². The van der Waals surface area contributed by atoms with Crippen LogP contribution in [0.2, 0.25) is 0 Å². The van der Waals surface area contributed by atoms with Gasteiger partial charge in [-0.3, -0.25) is 0 Å². The van der Waals surface area contributed by atoms with E-state index >= 15 is 0 Å². The highest BCUT2D eigenvalue weighted by Crippen LogP contribution is 2.29. The summed E-state index contributed by atoms with van der Waals surface area (Å²) in [6.07, 6.45) is 0.227. The Morgan fingerprint density at radius 2 is 2.06 bits per heavy atom. The highest BCUT2D eigenvalue weighted by Gasteiger charge is 2.13. The number of hydrogen-bond donors (Lipinski definition) is 1. The maximum absolute atomic E-state index is 10.9. The predicted molar refractivity (Wildman–Crippen MR) is 61.7 cm³/mol. The molecule has 1 unspecified atom stereocenters. The Balaban J connectivity index is 3.01. The maximum atomic E-state index is 10.9. The second kappa shape index (κ2) is 6.10. The van der Waals surface area contributed by atoms with Crippen molar-refractivity contribution in [1.82, 2.24) is 0 Å². The molecule has 0 saturated carbocycles. The minimum absolute atomic E-state index is 0.145. The molecule has 0 aliphatic heterocycles. The van der Waals surface area contributed by atoms with Crippen LogP contribution in [0.25, 0.3) is 0 Å². The lowest BCUT2D eigenvalue weighted by molar-refractivity contribution is -0.0560. The van der Waals surface area contributed by atoms with E-state index in [0.29, 0.717) is 17.9 Å². The number of carbonyl (C=O) groups is 1. The number of methoxy groups -OCH3 is 2. The van der Waals surface area contributed by atoms with Crippen molar-refractivity contribution in [3.63, 3.8) is 0 Å². The molecule has 0 fully saturated rings. The van der Waals surface area contributed by atoms with Crippen LogP contribution >= 0.6 is 0 Å². The monoisotopic (exact) mass is 240 g/mol. The van der Waals surface area contributed by atoms with Crippen LogP contribution < -0.4 is 9.47 Å². The number of benzene rings is 1. The first kappa shape index (κ1) is 13.3. The third kappa shape index (κ3) is 3.35. The van der Waals surface area contributed by atoms with Crippen molar-refractivity contribution in [1.29, 1.82) is 0 Å². The van der Waals surface area contributed by atoms with E-state index in [1.165, 1.54) is 26.4 Å². The molecule has 0 saturated heterocycles. The molecular formula is C12H16O5. The zero-order chi connectivity index (χ0) is 12.8. The molecule has 1 aromatic carbocycles. The molecule has 0 radical (unpaired) electrons. The van der Waals surface area contributed by atoms with Crippen molar-refractivity contribution in [3.05, 3.63) is 23.8 Å². The van der Waals surface area contributed by atoms with Crippen LogP contribution in [0.3, 0.4) is 0 Å². The van der Waals surface area contributed by atoms with Gasteiger partial charge in [0.1, 0.15) is 0 Å². The molecule has 1 atom stereocenters. The Hall–Kier alpha value is -1.75. The van der Waals surface area contributed by atoms with E-state index in [-0.39, 0.29) is 5.56 Å². The fourth-order valence-electron chi connectivity index (χ4n) is 1.34. The molecule has 1 N–H and O–H groups in total. The average Bonchev–Trinajstić information content (AvgIpc) is 2.35. The Labute approximate surface area is 99.9 Å². The smallest absolute Gasteiger partial charge is 0.335 e. The van der Waals surface area contributed by atoms with Gasteiger partial charge in [-0.15, -0.1) is 0 Å². The first-order valence-electron chi connectivity index (χ1n) is 5.23. The number of ether oxygens (including phenoxy) is 3. The largest absolute Gasteiger partial charge is 0.493 e. The fraction of sp³-hybridized carbons (Fsp3) is 0.417. The van der Waals surface area contributed by atoms with Crippen LogP contribution in [-0.2, 0) is 4.74 Å². The molecule has 1 aromatic rings. The molecule has 1 rings (SSSR count). The number of carboxylic acid groups (broad SMARTS) is 1. The molecule has 5 nitrogen and oxygen atoms in total. The number of hydrogen-bond acceptors (Lipinski definition) is 4. The minimum atomic E-state index is -1.01. The topological polar surface area (TPSA) is 65.0 Å². The van der Waals surface area contributed by atoms with E-state index in [0.717, 1.165) is 0 Å². The molecule has 17 heavy (non-hydrogen) atoms. The van der Waals surface area contributed by atoms with E-state index in [4.69, 9.17) is 19.3 Å². The van der Waals surface area contributed by atoms with Gasteiger partial charge in [0.15, 0.2) is 17.8 Å². The Morgan fingerprint density at radius 1 is 1.35 bits per heavy atom. The second-order valence-electron chi connectivity index (χ2n) is 3.36. The van der Waals surface area contributed by atoms with Crippen molar-refractivity contribution >= 4 is 5.97 Å². The van der Waals surface area contributed by atoms with Gasteiger partial charge in [-0.2, -0.15) is 0 Å². The van der Waals surface area contributed by atoms with Crippen LogP contribution in [0.4, 0.5) is 0 Å². The van der Waals surface area contributed by atoms with E-state index in [9.17, 15) is 4.79 Å². The highest BCUT2D eigenvalue weighted by atomic mass is 16.7. The van der Waals surface area contributed by atoms with Crippen LogP contribution in [0.5, 0.6) is 11.5 Å². The molecule has 0 heterocycles. The Bertz CT molecular complexity index is 384. The third-order valence-corrected chi connectivity index (χ3v) is 2.27. The first-order valence-corrected chi connectivity index (χ1v) is 5.23. The summed E-state index contributed by atoms with van der Waals surface area (Å²) in [5.74, 6) is -0.172. The molecule has 0 aliphatic carbocycles. The molecule has 0 aliphatic rings. The number of rotatable bonds is 6. The highest BCUT2D eigenvalue weighted by molar-refractivity contribution is 5.88. The van der Waals surface area contributed by atoms with Gasteiger partial charge in [0, 0.05) is 13.5 Å². The summed E-state index contributed by atoms with van der Waals surface area (Å²) in [6.45, 7) is 1.90. The molecule has 0 amide bonds. The van der Waals surface area contributed by atoms with Crippen molar-refractivity contribution in [3.8, 4) is 11.5 Å². The van der Waals surface area contributed by atoms with E-state index in [1.807, 2.05) is 6.92 Å². The molecule has 0 bridgehead atoms. The summed E-state index contributed by atoms with van der Waals surface area (Å²) < 4.78 is 15.7. The van der Waals surface area contributed by atoms with Gasteiger partial charge in [0.2, 0.25) is 0 Å². The van der Waals surface area contributed by atoms with E-state index < -0.39 is 12.3 Å². The average molecular weight is 240 g/mol. The lowest BCUT2D eigenvalue weighted by atomic mass is 10.2. The quantitative estimate of drug-likeness (QED) is 0.772. The van der Waals surface area contributed by atoms with Gasteiger partial charge < -0.3 is 19.3 Å². The zero-order valence-corrected chi connectivity index (χ0v) is 10.1. The number of carboxylic acids is 1. The van der Waals surface area contributed by atoms with Crippen LogP contribution in [0.1, 0.15) is 23.7 Å². The van der Waals surface area contributed by atoms with E-state index in [2.05, 4.69) is 0 Å². The summed E-state index contributed by atoms with van der Waals surface area (Å²) in [7, 11) is 3.03. The summed E-state index contributed by atoms with van der Waals surface area (Å²) in [5.41, 5.74) is 0.145. The second-order valence-corrected chi connectivity index (χ2v) is 3.36. The molecule has 0 aromatic heterocycles. The SMILES string of the molecule is CCC(OC)Oc1cc(C(=O)O)ccc1OC. The Kier molecular flexibility index (Phi) is 4.78. The van der Waals surface area contributed by atoms with Crippen molar-refractivity contribution < 1.29 is 24.1 Å². The van der Waals surface area contributed by atoms with E-state index in [1.54, 1.807) is 6.07 Å². The molecule has 5 heteroatoms. The minimum Gasteiger partial charge on any atom is -0.493 e. The first-order chi connectivity index (χ1) is 8.12. The zero-order valence-electron chi connectivity index (χ0n) is 10.1. The van der Waals surface area contributed by atoms with Gasteiger partial charge in [0.25, 0.3) is 0 Å². The van der Waals surface area contributed by atoms with Gasteiger partial charge in [-0.1, -0.05) is 6.92 Å². The lowest BCUT2D eigenvalue weighted by Gasteiger charge is -2.17. The van der Waals surface area contributed by atoms with Gasteiger partial charge >= 0.3 is 5.97 Å². The van der Waals surface area contributed by atoms with Gasteiger partial charge in [-0.05, 0) is 18.2 Å². The van der Waals surface area contributed by atoms with Crippen LogP contribution in [0, 0.1) is 0 Å². The summed E-state index contributed by atoms with van der Waals surface area (Å²) in [4.78, 5) is 10.9. The van der Waals surface area contributed by atoms with Crippen LogP contribution in [-0.4, -0.2) is 31.6 Å². The van der Waals surface area contributed by atoms with Crippen LogP contribution in [0.15, 0.2) is 18.2 Å². The standard InChI is InChI=1S/C12H16O5/c1-4-11(16-3)17-10-7-8(12(13)14)5-6-9(10)15-2/h5-7,11H,4H2,1-3H3,(H,13,14). The predicted octanol–water partition coefficient (Wildman–Crippen LogP) is 2.15. The molecular weight excluding hydrogens is 224 g/mol. The Morgan fingerprint density at radius 3 is 2.53 bits per heavy atom. The number of aromatic carboxylic acids is 1. The maximum Gasteiger partial charge on any atom is 0.335 e. The summed E-state index contributed by atoms with van der Waals surface area (Å²) >= 11 is 0. The summed E-state index contributed by atoms with van der Waals surface area (Å²) in [6, 6.07) is 4.44. The molecule has 0 spiro atoms. The lowest BCUT2D eigenvalue weighted by Crippen LogP contribution is -2.18. The summed E-state index contributed by atoms with van der Waals surface area (Å²) in [5, 5.41) is 8.89. The molecule has 94 valence electrons.